The minimum Gasteiger partial charge on any atom is -0.378 e. The fraction of sp³-hybridized carbons (Fsp3) is 0.250. The van der Waals surface area contributed by atoms with Crippen LogP contribution in [-0.2, 0) is 16.9 Å². The molecule has 5 rings (SSSR count). The van der Waals surface area contributed by atoms with Gasteiger partial charge < -0.3 is 9.64 Å². The second-order valence-electron chi connectivity index (χ2n) is 7.81. The van der Waals surface area contributed by atoms with Gasteiger partial charge in [-0.1, -0.05) is 65.3 Å². The largest absolute Gasteiger partial charge is 0.378 e. The van der Waals surface area contributed by atoms with E-state index in [9.17, 15) is 4.79 Å². The monoisotopic (exact) mass is 545 g/mol. The number of hydrogen-bond donors (Lipinski definition) is 0. The van der Waals surface area contributed by atoms with Gasteiger partial charge in [-0.25, -0.2) is 4.98 Å². The molecule has 11 heteroatoms. The number of hydrogen-bond acceptors (Lipinski definition) is 7. The number of aromatic nitrogens is 4. The summed E-state index contributed by atoms with van der Waals surface area (Å²) in [7, 11) is 0. The topological polar surface area (TPSA) is 73.1 Å². The van der Waals surface area contributed by atoms with Crippen LogP contribution in [0.5, 0.6) is 0 Å². The van der Waals surface area contributed by atoms with Crippen molar-refractivity contribution in [2.75, 3.05) is 26.3 Å². The Hall–Kier alpha value is -2.43. The number of carbonyl (C=O) groups excluding carboxylic acids is 1. The van der Waals surface area contributed by atoms with Gasteiger partial charge in [0.05, 0.1) is 34.7 Å². The van der Waals surface area contributed by atoms with E-state index in [0.29, 0.717) is 59.4 Å². The molecule has 2 aromatic carbocycles. The minimum atomic E-state index is -0.0510. The maximum Gasteiger partial charge on any atom is 0.273 e. The molecule has 0 saturated carbocycles. The summed E-state index contributed by atoms with van der Waals surface area (Å²) in [5.74, 6) is 1.30. The third kappa shape index (κ3) is 5.70. The van der Waals surface area contributed by atoms with Gasteiger partial charge in [-0.15, -0.1) is 21.5 Å². The smallest absolute Gasteiger partial charge is 0.273 e. The highest BCUT2D eigenvalue weighted by Crippen LogP contribution is 2.30. The van der Waals surface area contributed by atoms with Crippen molar-refractivity contribution in [3.05, 3.63) is 86.0 Å². The predicted molar refractivity (Wildman–Crippen MR) is 139 cm³/mol. The summed E-state index contributed by atoms with van der Waals surface area (Å²) in [5, 5.41) is 13.3. The van der Waals surface area contributed by atoms with Crippen LogP contribution in [0.1, 0.15) is 26.9 Å². The van der Waals surface area contributed by atoms with Crippen LogP contribution in [0.4, 0.5) is 0 Å². The van der Waals surface area contributed by atoms with E-state index in [2.05, 4.69) is 27.3 Å². The Balaban J connectivity index is 1.37. The van der Waals surface area contributed by atoms with E-state index in [-0.39, 0.29) is 5.91 Å². The number of benzene rings is 2. The fourth-order valence-electron chi connectivity index (χ4n) is 3.70. The average molecular weight is 547 g/mol. The number of rotatable bonds is 7. The van der Waals surface area contributed by atoms with E-state index in [4.69, 9.17) is 27.9 Å². The van der Waals surface area contributed by atoms with Crippen molar-refractivity contribution < 1.29 is 9.53 Å². The third-order valence-corrected chi connectivity index (χ3v) is 8.17. The molecule has 35 heavy (non-hydrogen) atoms. The zero-order valence-electron chi connectivity index (χ0n) is 18.6. The summed E-state index contributed by atoms with van der Waals surface area (Å²) in [6.45, 7) is 2.32. The molecule has 180 valence electrons. The van der Waals surface area contributed by atoms with Crippen molar-refractivity contribution in [2.45, 2.75) is 17.3 Å². The summed E-state index contributed by atoms with van der Waals surface area (Å²) >= 11 is 15.5. The van der Waals surface area contributed by atoms with Gasteiger partial charge in [-0.2, -0.15) is 0 Å². The number of amides is 1. The summed E-state index contributed by atoms with van der Waals surface area (Å²) in [6, 6.07) is 15.6. The van der Waals surface area contributed by atoms with Crippen molar-refractivity contribution in [1.82, 2.24) is 24.6 Å². The molecule has 1 aliphatic rings. The molecular formula is C24H21Cl2N5O2S2. The molecule has 0 aliphatic carbocycles. The van der Waals surface area contributed by atoms with Gasteiger partial charge in [0.2, 0.25) is 0 Å². The lowest BCUT2D eigenvalue weighted by Crippen LogP contribution is -2.40. The average Bonchev–Trinajstić information content (AvgIpc) is 3.52. The summed E-state index contributed by atoms with van der Waals surface area (Å²) in [5.41, 5.74) is 2.44. The first-order valence-electron chi connectivity index (χ1n) is 11.0. The first-order chi connectivity index (χ1) is 17.1. The molecule has 1 saturated heterocycles. The lowest BCUT2D eigenvalue weighted by atomic mass is 10.1. The molecule has 2 aromatic heterocycles. The van der Waals surface area contributed by atoms with Crippen LogP contribution < -0.4 is 0 Å². The number of halogens is 2. The first-order valence-corrected chi connectivity index (χ1v) is 13.6. The van der Waals surface area contributed by atoms with Gasteiger partial charge in [-0.3, -0.25) is 9.36 Å². The Morgan fingerprint density at radius 2 is 1.86 bits per heavy atom. The fourth-order valence-corrected chi connectivity index (χ4v) is 5.75. The first kappa shape index (κ1) is 24.3. The van der Waals surface area contributed by atoms with Crippen molar-refractivity contribution >= 4 is 52.2 Å². The maximum atomic E-state index is 12.7. The molecule has 1 fully saturated rings. The highest BCUT2D eigenvalue weighted by molar-refractivity contribution is 7.98. The Bertz CT molecular complexity index is 1320. The molecule has 0 atom stereocenters. The number of morpholine rings is 1. The standard InChI is InChI=1S/C24H21Cl2N5O2S2/c25-18-7-6-17(13-19(18)26)31-21(12-16-4-2-1-3-5-16)28-29-24(31)35-15-22-27-20(14-34-22)23(32)30-8-10-33-11-9-30/h1-7,13-14H,8-12,15H2. The van der Waals surface area contributed by atoms with Crippen molar-refractivity contribution in [3.63, 3.8) is 0 Å². The molecule has 0 radical (unpaired) electrons. The van der Waals surface area contributed by atoms with E-state index >= 15 is 0 Å². The van der Waals surface area contributed by atoms with Gasteiger partial charge in [0.1, 0.15) is 16.5 Å². The van der Waals surface area contributed by atoms with Crippen LogP contribution in [0.25, 0.3) is 5.69 Å². The van der Waals surface area contributed by atoms with Crippen LogP contribution >= 0.6 is 46.3 Å². The van der Waals surface area contributed by atoms with E-state index in [1.54, 1.807) is 11.0 Å². The predicted octanol–water partition coefficient (Wildman–Crippen LogP) is 5.39. The molecule has 7 nitrogen and oxygen atoms in total. The molecule has 0 spiro atoms. The Kier molecular flexibility index (Phi) is 7.69. The number of carbonyl (C=O) groups is 1. The summed E-state index contributed by atoms with van der Waals surface area (Å²) < 4.78 is 7.33. The van der Waals surface area contributed by atoms with E-state index in [0.717, 1.165) is 22.1 Å². The second-order valence-corrected chi connectivity index (χ2v) is 10.5. The lowest BCUT2D eigenvalue weighted by molar-refractivity contribution is 0.0299. The maximum absolute atomic E-state index is 12.7. The zero-order valence-corrected chi connectivity index (χ0v) is 21.7. The van der Waals surface area contributed by atoms with Gasteiger partial charge >= 0.3 is 0 Å². The summed E-state index contributed by atoms with van der Waals surface area (Å²) in [4.78, 5) is 19.1. The number of thiazole rings is 1. The quantitative estimate of drug-likeness (QED) is 0.290. The van der Waals surface area contributed by atoms with Crippen molar-refractivity contribution in [3.8, 4) is 5.69 Å². The molecule has 1 aliphatic heterocycles. The molecule has 4 aromatic rings. The van der Waals surface area contributed by atoms with Crippen LogP contribution in [0.2, 0.25) is 10.0 Å². The van der Waals surface area contributed by atoms with Crippen molar-refractivity contribution in [1.29, 1.82) is 0 Å². The highest BCUT2D eigenvalue weighted by atomic mass is 35.5. The van der Waals surface area contributed by atoms with Gasteiger partial charge in [0.25, 0.3) is 5.91 Å². The zero-order chi connectivity index (χ0) is 24.2. The van der Waals surface area contributed by atoms with Crippen LogP contribution in [0.3, 0.4) is 0 Å². The number of nitrogens with zero attached hydrogens (tertiary/aromatic N) is 5. The normalized spacial score (nSPS) is 13.8. The molecule has 1 amide bonds. The van der Waals surface area contributed by atoms with E-state index in [1.165, 1.54) is 23.1 Å². The molecular weight excluding hydrogens is 525 g/mol. The van der Waals surface area contributed by atoms with Crippen LogP contribution in [-0.4, -0.2) is 56.9 Å². The van der Waals surface area contributed by atoms with Gasteiger partial charge in [0, 0.05) is 24.9 Å². The number of ether oxygens (including phenoxy) is 1. The summed E-state index contributed by atoms with van der Waals surface area (Å²) in [6.07, 6.45) is 0.615. The van der Waals surface area contributed by atoms with Gasteiger partial charge in [0.15, 0.2) is 5.16 Å². The van der Waals surface area contributed by atoms with Crippen LogP contribution in [0.15, 0.2) is 59.1 Å². The van der Waals surface area contributed by atoms with Crippen LogP contribution in [0, 0.1) is 0 Å². The number of thioether (sulfide) groups is 1. The van der Waals surface area contributed by atoms with Gasteiger partial charge in [-0.05, 0) is 23.8 Å². The third-order valence-electron chi connectivity index (χ3n) is 5.46. The van der Waals surface area contributed by atoms with E-state index in [1.807, 2.05) is 40.3 Å². The Morgan fingerprint density at radius 1 is 1.06 bits per heavy atom. The Labute approximate surface area is 221 Å². The minimum absolute atomic E-state index is 0.0510. The molecule has 3 heterocycles. The molecule has 0 unspecified atom stereocenters. The SMILES string of the molecule is O=C(c1csc(CSc2nnc(Cc3ccccc3)n2-c2ccc(Cl)c(Cl)c2)n1)N1CCOCC1. The Morgan fingerprint density at radius 3 is 2.63 bits per heavy atom. The molecule has 0 bridgehead atoms. The van der Waals surface area contributed by atoms with Crippen molar-refractivity contribution in [2.24, 2.45) is 0 Å². The molecule has 0 N–H and O–H groups in total. The second kappa shape index (κ2) is 11.1. The van der Waals surface area contributed by atoms with E-state index < -0.39 is 0 Å². The highest BCUT2D eigenvalue weighted by Gasteiger charge is 2.22. The lowest BCUT2D eigenvalue weighted by Gasteiger charge is -2.25.